The van der Waals surface area contributed by atoms with Gasteiger partial charge < -0.3 is 9.80 Å². The van der Waals surface area contributed by atoms with E-state index in [1.165, 1.54) is 18.2 Å². The van der Waals surface area contributed by atoms with Crippen molar-refractivity contribution in [3.05, 3.63) is 65.9 Å². The minimum absolute atomic E-state index is 0.171. The molecule has 0 unspecified atom stereocenters. The predicted molar refractivity (Wildman–Crippen MR) is 109 cm³/mol. The number of alkyl halides is 3. The van der Waals surface area contributed by atoms with E-state index < -0.39 is 11.7 Å². The van der Waals surface area contributed by atoms with E-state index >= 15 is 0 Å². The number of hydrogen-bond acceptors (Lipinski definition) is 4. The first-order valence-electron chi connectivity index (χ1n) is 9.94. The molecule has 8 heteroatoms. The van der Waals surface area contributed by atoms with Crippen LogP contribution in [0, 0.1) is 0 Å². The van der Waals surface area contributed by atoms with Gasteiger partial charge in [0.05, 0.1) is 5.56 Å². The molecule has 0 saturated carbocycles. The summed E-state index contributed by atoms with van der Waals surface area (Å²) in [4.78, 5) is 23.1. The summed E-state index contributed by atoms with van der Waals surface area (Å²) in [6, 6.07) is 11.2. The van der Waals surface area contributed by atoms with E-state index in [4.69, 9.17) is 0 Å². The van der Waals surface area contributed by atoms with Gasteiger partial charge in [-0.1, -0.05) is 18.2 Å². The van der Waals surface area contributed by atoms with Crippen LogP contribution in [0.5, 0.6) is 0 Å². The largest absolute Gasteiger partial charge is 0.416 e. The van der Waals surface area contributed by atoms with Crippen molar-refractivity contribution in [2.75, 3.05) is 44.2 Å². The summed E-state index contributed by atoms with van der Waals surface area (Å²) in [7, 11) is 0. The molecule has 4 rings (SSSR count). The van der Waals surface area contributed by atoms with E-state index in [0.717, 1.165) is 44.1 Å². The third-order valence-electron chi connectivity index (χ3n) is 5.61. The second-order valence-electron chi connectivity index (χ2n) is 7.56. The summed E-state index contributed by atoms with van der Waals surface area (Å²) < 4.78 is 38.4. The van der Waals surface area contributed by atoms with Crippen LogP contribution in [0.15, 0.2) is 54.7 Å². The standard InChI is InChI=1S/C22H23F3N4O/c23-22(24,25)18-5-3-4-17(14-18)7-8-21(30)29-15-19(16-29)27-10-12-28(13-11-27)20-6-1-2-9-26-20/h1-9,14,19H,10-13,15-16H2/b8-7+. The van der Waals surface area contributed by atoms with Gasteiger partial charge in [-0.25, -0.2) is 4.98 Å². The van der Waals surface area contributed by atoms with Gasteiger partial charge in [-0.15, -0.1) is 0 Å². The molecule has 0 spiro atoms. The van der Waals surface area contributed by atoms with Gasteiger partial charge in [0.15, 0.2) is 0 Å². The summed E-state index contributed by atoms with van der Waals surface area (Å²) in [6.07, 6.45) is 0.199. The second kappa shape index (κ2) is 8.47. The molecule has 1 aromatic heterocycles. The molecule has 0 N–H and O–H groups in total. The lowest BCUT2D eigenvalue weighted by molar-refractivity contribution is -0.137. The average Bonchev–Trinajstić information content (AvgIpc) is 2.72. The van der Waals surface area contributed by atoms with E-state index in [1.807, 2.05) is 18.2 Å². The van der Waals surface area contributed by atoms with Gasteiger partial charge in [0, 0.05) is 57.6 Å². The molecule has 0 aliphatic carbocycles. The van der Waals surface area contributed by atoms with Crippen molar-refractivity contribution < 1.29 is 18.0 Å². The van der Waals surface area contributed by atoms with Crippen molar-refractivity contribution in [1.29, 1.82) is 0 Å². The van der Waals surface area contributed by atoms with E-state index in [-0.39, 0.29) is 5.91 Å². The molecule has 2 aliphatic rings. The van der Waals surface area contributed by atoms with Gasteiger partial charge in [-0.05, 0) is 35.9 Å². The average molecular weight is 416 g/mol. The van der Waals surface area contributed by atoms with Crippen LogP contribution in [0.25, 0.3) is 6.08 Å². The lowest BCUT2D eigenvalue weighted by Gasteiger charge is -2.48. The van der Waals surface area contributed by atoms with E-state index in [2.05, 4.69) is 14.8 Å². The zero-order chi connectivity index (χ0) is 21.1. The number of nitrogens with zero attached hydrogens (tertiary/aromatic N) is 4. The normalized spacial score (nSPS) is 18.6. The Labute approximate surface area is 173 Å². The first kappa shape index (κ1) is 20.4. The van der Waals surface area contributed by atoms with E-state index in [9.17, 15) is 18.0 Å². The molecule has 0 atom stereocenters. The number of amides is 1. The Morgan fingerprint density at radius 3 is 2.47 bits per heavy atom. The quantitative estimate of drug-likeness (QED) is 0.718. The minimum atomic E-state index is -4.39. The fraction of sp³-hybridized carbons (Fsp3) is 0.364. The molecule has 2 fully saturated rings. The molecule has 1 amide bonds. The SMILES string of the molecule is O=C(/C=C/c1cccc(C(F)(F)F)c1)N1CC(N2CCN(c3ccccn3)CC2)C1. The molecular formula is C22H23F3N4O. The van der Waals surface area contributed by atoms with Gasteiger partial charge in [-0.2, -0.15) is 13.2 Å². The number of carbonyl (C=O) groups excluding carboxylic acids is 1. The van der Waals surface area contributed by atoms with Crippen LogP contribution in [-0.2, 0) is 11.0 Å². The van der Waals surface area contributed by atoms with Crippen molar-refractivity contribution in [3.63, 3.8) is 0 Å². The Balaban J connectivity index is 1.25. The predicted octanol–water partition coefficient (Wildman–Crippen LogP) is 3.15. The Morgan fingerprint density at radius 1 is 1.03 bits per heavy atom. The van der Waals surface area contributed by atoms with Crippen LogP contribution in [0.1, 0.15) is 11.1 Å². The fourth-order valence-electron chi connectivity index (χ4n) is 3.81. The number of aromatic nitrogens is 1. The molecule has 2 aliphatic heterocycles. The fourth-order valence-corrected chi connectivity index (χ4v) is 3.81. The number of halogens is 3. The number of pyridine rings is 1. The molecule has 30 heavy (non-hydrogen) atoms. The maximum Gasteiger partial charge on any atom is 0.416 e. The van der Waals surface area contributed by atoms with Crippen molar-refractivity contribution >= 4 is 17.8 Å². The molecule has 3 heterocycles. The molecule has 5 nitrogen and oxygen atoms in total. The van der Waals surface area contributed by atoms with Crippen LogP contribution in [0.3, 0.4) is 0 Å². The summed E-state index contributed by atoms with van der Waals surface area (Å²) in [5.74, 6) is 0.818. The summed E-state index contributed by atoms with van der Waals surface area (Å²) in [5, 5.41) is 0. The van der Waals surface area contributed by atoms with Crippen molar-refractivity contribution in [2.45, 2.75) is 12.2 Å². The highest BCUT2D eigenvalue weighted by Crippen LogP contribution is 2.29. The van der Waals surface area contributed by atoms with Gasteiger partial charge in [0.25, 0.3) is 0 Å². The molecular weight excluding hydrogens is 393 g/mol. The summed E-state index contributed by atoms with van der Waals surface area (Å²) in [5.41, 5.74) is -0.355. The van der Waals surface area contributed by atoms with Crippen LogP contribution < -0.4 is 4.90 Å². The van der Waals surface area contributed by atoms with E-state index in [0.29, 0.717) is 24.7 Å². The molecule has 2 saturated heterocycles. The Hall–Kier alpha value is -2.87. The van der Waals surface area contributed by atoms with Gasteiger partial charge in [0.1, 0.15) is 5.82 Å². The highest BCUT2D eigenvalue weighted by atomic mass is 19.4. The first-order chi connectivity index (χ1) is 14.4. The lowest BCUT2D eigenvalue weighted by Crippen LogP contribution is -2.64. The van der Waals surface area contributed by atoms with Crippen molar-refractivity contribution in [3.8, 4) is 0 Å². The van der Waals surface area contributed by atoms with Crippen molar-refractivity contribution in [1.82, 2.24) is 14.8 Å². The Morgan fingerprint density at radius 2 is 1.80 bits per heavy atom. The Kier molecular flexibility index (Phi) is 5.76. The van der Waals surface area contributed by atoms with Crippen LogP contribution in [0.4, 0.5) is 19.0 Å². The molecule has 0 bridgehead atoms. The van der Waals surface area contributed by atoms with Crippen LogP contribution in [-0.4, -0.2) is 66.0 Å². The molecule has 0 radical (unpaired) electrons. The van der Waals surface area contributed by atoms with Crippen LogP contribution >= 0.6 is 0 Å². The highest BCUT2D eigenvalue weighted by Gasteiger charge is 2.35. The summed E-state index contributed by atoms with van der Waals surface area (Å²) >= 11 is 0. The van der Waals surface area contributed by atoms with Crippen LogP contribution in [0.2, 0.25) is 0 Å². The maximum atomic E-state index is 12.8. The molecule has 2 aromatic rings. The Bertz CT molecular complexity index is 902. The third kappa shape index (κ3) is 4.64. The number of hydrogen-bond donors (Lipinski definition) is 0. The summed E-state index contributed by atoms with van der Waals surface area (Å²) in [6.45, 7) is 4.94. The lowest BCUT2D eigenvalue weighted by atomic mass is 10.1. The topological polar surface area (TPSA) is 39.7 Å². The zero-order valence-electron chi connectivity index (χ0n) is 16.4. The minimum Gasteiger partial charge on any atom is -0.354 e. The second-order valence-corrected chi connectivity index (χ2v) is 7.56. The highest BCUT2D eigenvalue weighted by molar-refractivity contribution is 5.92. The third-order valence-corrected chi connectivity index (χ3v) is 5.61. The zero-order valence-corrected chi connectivity index (χ0v) is 16.4. The van der Waals surface area contributed by atoms with Gasteiger partial charge in [-0.3, -0.25) is 9.69 Å². The smallest absolute Gasteiger partial charge is 0.354 e. The van der Waals surface area contributed by atoms with Gasteiger partial charge in [0.2, 0.25) is 5.91 Å². The molecule has 1 aromatic carbocycles. The number of anilines is 1. The number of rotatable bonds is 4. The molecule has 158 valence electrons. The number of carbonyl (C=O) groups is 1. The number of piperazine rings is 1. The van der Waals surface area contributed by atoms with E-state index in [1.54, 1.807) is 17.2 Å². The van der Waals surface area contributed by atoms with Gasteiger partial charge >= 0.3 is 6.18 Å². The number of benzene rings is 1. The monoisotopic (exact) mass is 416 g/mol. The number of likely N-dealkylation sites (tertiary alicyclic amines) is 1. The maximum absolute atomic E-state index is 12.8. The van der Waals surface area contributed by atoms with Crippen molar-refractivity contribution in [2.24, 2.45) is 0 Å². The first-order valence-corrected chi connectivity index (χ1v) is 9.94.